The quantitative estimate of drug-likeness (QED) is 0.886. The van der Waals surface area contributed by atoms with Gasteiger partial charge in [-0.05, 0) is 38.1 Å². The molecule has 1 aromatic heterocycles. The Balaban J connectivity index is 2.18. The van der Waals surface area contributed by atoms with Crippen molar-refractivity contribution in [2.45, 2.75) is 19.9 Å². The van der Waals surface area contributed by atoms with E-state index >= 15 is 0 Å². The van der Waals surface area contributed by atoms with Crippen LogP contribution in [-0.2, 0) is 0 Å². The van der Waals surface area contributed by atoms with Crippen molar-refractivity contribution in [3.8, 4) is 11.5 Å². The summed E-state index contributed by atoms with van der Waals surface area (Å²) in [6, 6.07) is 10.3. The zero-order valence-corrected chi connectivity index (χ0v) is 12.5. The molecule has 1 unspecified atom stereocenters. The van der Waals surface area contributed by atoms with Crippen LogP contribution in [0.3, 0.4) is 0 Å². The van der Waals surface area contributed by atoms with Gasteiger partial charge in [0.15, 0.2) is 0 Å². The topological polar surface area (TPSA) is 30.5 Å². The van der Waals surface area contributed by atoms with Gasteiger partial charge in [-0.3, -0.25) is 0 Å². The first kappa shape index (κ1) is 13.7. The normalized spacial score (nSPS) is 12.0. The average Bonchev–Trinajstić information content (AvgIpc) is 2.86. The number of aryl methyl sites for hydroxylation is 1. The molecule has 0 aliphatic rings. The van der Waals surface area contributed by atoms with E-state index in [9.17, 15) is 0 Å². The van der Waals surface area contributed by atoms with Crippen LogP contribution in [0.1, 0.15) is 22.7 Å². The van der Waals surface area contributed by atoms with E-state index < -0.39 is 0 Å². The third-order valence-electron chi connectivity index (χ3n) is 2.97. The molecule has 1 atom stereocenters. The molecule has 1 N–H and O–H groups in total. The predicted octanol–water partition coefficient (Wildman–Crippen LogP) is 4.25. The van der Waals surface area contributed by atoms with E-state index in [1.165, 1.54) is 9.75 Å². The summed E-state index contributed by atoms with van der Waals surface area (Å²) in [7, 11) is 3.32. The van der Waals surface area contributed by atoms with Crippen molar-refractivity contribution in [1.82, 2.24) is 0 Å². The highest BCUT2D eigenvalue weighted by Crippen LogP contribution is 2.33. The molecule has 0 saturated carbocycles. The molecule has 0 amide bonds. The van der Waals surface area contributed by atoms with Crippen molar-refractivity contribution >= 4 is 17.0 Å². The van der Waals surface area contributed by atoms with Gasteiger partial charge in [0.1, 0.15) is 11.5 Å². The van der Waals surface area contributed by atoms with Crippen molar-refractivity contribution in [2.24, 2.45) is 0 Å². The van der Waals surface area contributed by atoms with Crippen LogP contribution in [-0.4, -0.2) is 14.2 Å². The Morgan fingerprint density at radius 2 is 1.89 bits per heavy atom. The molecule has 3 nitrogen and oxygen atoms in total. The Morgan fingerprint density at radius 3 is 2.47 bits per heavy atom. The van der Waals surface area contributed by atoms with E-state index in [2.05, 4.69) is 31.3 Å². The van der Waals surface area contributed by atoms with Gasteiger partial charge in [-0.2, -0.15) is 0 Å². The van der Waals surface area contributed by atoms with Crippen molar-refractivity contribution in [2.75, 3.05) is 19.5 Å². The summed E-state index contributed by atoms with van der Waals surface area (Å²) in [5.74, 6) is 1.58. The highest BCUT2D eigenvalue weighted by Gasteiger charge is 2.11. The fraction of sp³-hybridized carbons (Fsp3) is 0.333. The van der Waals surface area contributed by atoms with Gasteiger partial charge in [-0.25, -0.2) is 0 Å². The van der Waals surface area contributed by atoms with Gasteiger partial charge in [-0.1, -0.05) is 0 Å². The molecule has 0 saturated heterocycles. The monoisotopic (exact) mass is 277 g/mol. The van der Waals surface area contributed by atoms with Gasteiger partial charge in [0.25, 0.3) is 0 Å². The minimum atomic E-state index is 0.251. The van der Waals surface area contributed by atoms with Gasteiger partial charge in [0.2, 0.25) is 0 Å². The Bertz CT molecular complexity index is 551. The summed E-state index contributed by atoms with van der Waals surface area (Å²) >= 11 is 1.81. The van der Waals surface area contributed by atoms with Gasteiger partial charge in [0, 0.05) is 15.8 Å². The number of nitrogens with one attached hydrogen (secondary N) is 1. The third kappa shape index (κ3) is 3.20. The second kappa shape index (κ2) is 5.97. The van der Waals surface area contributed by atoms with Crippen LogP contribution in [0.5, 0.6) is 11.5 Å². The highest BCUT2D eigenvalue weighted by molar-refractivity contribution is 7.12. The van der Waals surface area contributed by atoms with Crippen LogP contribution in [0.25, 0.3) is 0 Å². The van der Waals surface area contributed by atoms with Gasteiger partial charge >= 0.3 is 0 Å². The van der Waals surface area contributed by atoms with E-state index in [1.54, 1.807) is 14.2 Å². The summed E-state index contributed by atoms with van der Waals surface area (Å²) in [6.45, 7) is 4.27. The van der Waals surface area contributed by atoms with Crippen molar-refractivity contribution in [3.63, 3.8) is 0 Å². The van der Waals surface area contributed by atoms with Crippen molar-refractivity contribution in [1.29, 1.82) is 0 Å². The molecule has 0 radical (unpaired) electrons. The SMILES string of the molecule is COc1ccc(NC(C)c2ccc(C)s2)c(OC)c1. The van der Waals surface area contributed by atoms with E-state index in [0.29, 0.717) is 0 Å². The van der Waals surface area contributed by atoms with Crippen molar-refractivity contribution in [3.05, 3.63) is 40.1 Å². The molecule has 0 aliphatic carbocycles. The third-order valence-corrected chi connectivity index (χ3v) is 4.15. The van der Waals surface area contributed by atoms with Crippen LogP contribution in [0.4, 0.5) is 5.69 Å². The Hall–Kier alpha value is -1.68. The average molecular weight is 277 g/mol. The molecule has 2 rings (SSSR count). The second-order valence-electron chi connectivity index (χ2n) is 4.38. The van der Waals surface area contributed by atoms with Gasteiger partial charge < -0.3 is 14.8 Å². The minimum Gasteiger partial charge on any atom is -0.497 e. The van der Waals surface area contributed by atoms with Gasteiger partial charge in [0.05, 0.1) is 25.9 Å². The van der Waals surface area contributed by atoms with E-state index in [1.807, 2.05) is 29.5 Å². The lowest BCUT2D eigenvalue weighted by molar-refractivity contribution is 0.395. The smallest absolute Gasteiger partial charge is 0.145 e. The zero-order chi connectivity index (χ0) is 13.8. The summed E-state index contributed by atoms with van der Waals surface area (Å²) in [6.07, 6.45) is 0. The first-order valence-corrected chi connectivity index (χ1v) is 7.00. The first-order chi connectivity index (χ1) is 9.13. The maximum absolute atomic E-state index is 5.39. The standard InChI is InChI=1S/C15H19NO2S/c1-10-5-8-15(19-10)11(2)16-13-7-6-12(17-3)9-14(13)18-4/h5-9,11,16H,1-4H3. The lowest BCUT2D eigenvalue weighted by atomic mass is 10.2. The van der Waals surface area contributed by atoms with Crippen molar-refractivity contribution < 1.29 is 9.47 Å². The molecule has 19 heavy (non-hydrogen) atoms. The number of ether oxygens (including phenoxy) is 2. The largest absolute Gasteiger partial charge is 0.497 e. The fourth-order valence-electron chi connectivity index (χ4n) is 1.91. The van der Waals surface area contributed by atoms with Crippen LogP contribution in [0, 0.1) is 6.92 Å². The van der Waals surface area contributed by atoms with E-state index in [0.717, 1.165) is 17.2 Å². The molecule has 4 heteroatoms. The molecule has 1 aromatic carbocycles. The maximum atomic E-state index is 5.39. The Labute approximate surface area is 118 Å². The number of hydrogen-bond acceptors (Lipinski definition) is 4. The van der Waals surface area contributed by atoms with E-state index in [-0.39, 0.29) is 6.04 Å². The fourth-order valence-corrected chi connectivity index (χ4v) is 2.79. The number of thiophene rings is 1. The van der Waals surface area contributed by atoms with Crippen LogP contribution >= 0.6 is 11.3 Å². The molecule has 1 heterocycles. The summed E-state index contributed by atoms with van der Waals surface area (Å²) in [4.78, 5) is 2.64. The first-order valence-electron chi connectivity index (χ1n) is 6.19. The molecule has 0 spiro atoms. The number of benzene rings is 1. The molecular formula is C15H19NO2S. The Kier molecular flexibility index (Phi) is 4.32. The minimum absolute atomic E-state index is 0.251. The number of rotatable bonds is 5. The van der Waals surface area contributed by atoms with E-state index in [4.69, 9.17) is 9.47 Å². The molecule has 0 aliphatic heterocycles. The zero-order valence-electron chi connectivity index (χ0n) is 11.7. The molecular weight excluding hydrogens is 258 g/mol. The second-order valence-corrected chi connectivity index (χ2v) is 5.70. The Morgan fingerprint density at radius 1 is 1.11 bits per heavy atom. The number of anilines is 1. The summed E-state index contributed by atoms with van der Waals surface area (Å²) in [5, 5.41) is 3.47. The predicted molar refractivity (Wildman–Crippen MR) is 80.6 cm³/mol. The molecule has 102 valence electrons. The van der Waals surface area contributed by atoms with Gasteiger partial charge in [-0.15, -0.1) is 11.3 Å². The summed E-state index contributed by atoms with van der Waals surface area (Å²) < 4.78 is 10.6. The highest BCUT2D eigenvalue weighted by atomic mass is 32.1. The lowest BCUT2D eigenvalue weighted by Crippen LogP contribution is -2.06. The number of hydrogen-bond donors (Lipinski definition) is 1. The van der Waals surface area contributed by atoms with Crippen LogP contribution < -0.4 is 14.8 Å². The summed E-state index contributed by atoms with van der Waals surface area (Å²) in [5.41, 5.74) is 0.974. The molecule has 0 fully saturated rings. The number of methoxy groups -OCH3 is 2. The lowest BCUT2D eigenvalue weighted by Gasteiger charge is -2.17. The van der Waals surface area contributed by atoms with Crippen LogP contribution in [0.2, 0.25) is 0 Å². The maximum Gasteiger partial charge on any atom is 0.145 e. The molecule has 2 aromatic rings. The molecule has 0 bridgehead atoms. The van der Waals surface area contributed by atoms with Crippen LogP contribution in [0.15, 0.2) is 30.3 Å².